The van der Waals surface area contributed by atoms with Crippen LogP contribution in [0.2, 0.25) is 0 Å². The first kappa shape index (κ1) is 25.5. The molecule has 10 nitrogen and oxygen atoms in total. The van der Waals surface area contributed by atoms with Crippen LogP contribution in [-0.2, 0) is 33.4 Å². The second kappa shape index (κ2) is 11.0. The third kappa shape index (κ3) is 5.15. The predicted octanol–water partition coefficient (Wildman–Crippen LogP) is 1.23. The number of carbonyl (C=O) groups is 5. The van der Waals surface area contributed by atoms with Crippen molar-refractivity contribution in [1.82, 2.24) is 10.2 Å². The average molecular weight is 502 g/mol. The lowest BCUT2D eigenvalue weighted by Crippen LogP contribution is -2.58. The fraction of sp³-hybridized carbons (Fsp3) is 0.480. The largest absolute Gasteiger partial charge is 0.433 e. The van der Waals surface area contributed by atoms with E-state index in [-0.39, 0.29) is 37.5 Å². The third-order valence-corrected chi connectivity index (χ3v) is 6.64. The number of hydrogen-bond donors (Lipinski definition) is 1. The summed E-state index contributed by atoms with van der Waals surface area (Å²) in [5.41, 5.74) is 0.0670. The summed E-state index contributed by atoms with van der Waals surface area (Å²) in [6.07, 6.45) is 4.30. The summed E-state index contributed by atoms with van der Waals surface area (Å²) < 4.78 is 24.5. The number of amides is 3. The van der Waals surface area contributed by atoms with Gasteiger partial charge in [-0.3, -0.25) is 28.9 Å². The van der Waals surface area contributed by atoms with Crippen molar-refractivity contribution in [3.8, 4) is 0 Å². The summed E-state index contributed by atoms with van der Waals surface area (Å²) in [6, 6.07) is 2.11. The number of fused-ring (bicyclic) bond motifs is 1. The summed E-state index contributed by atoms with van der Waals surface area (Å²) in [5.74, 6) is -3.08. The van der Waals surface area contributed by atoms with E-state index in [0.717, 1.165) is 11.0 Å². The molecule has 3 heterocycles. The molecule has 0 bridgehead atoms. The van der Waals surface area contributed by atoms with Gasteiger partial charge in [0.05, 0.1) is 6.42 Å². The topological polar surface area (TPSA) is 122 Å². The van der Waals surface area contributed by atoms with Gasteiger partial charge >= 0.3 is 5.97 Å². The second-order valence-corrected chi connectivity index (χ2v) is 8.89. The number of ether oxygens (including phenoxy) is 2. The van der Waals surface area contributed by atoms with E-state index >= 15 is 0 Å². The maximum absolute atomic E-state index is 14.0. The molecule has 2 saturated heterocycles. The fourth-order valence-corrected chi connectivity index (χ4v) is 5.06. The maximum atomic E-state index is 14.0. The highest BCUT2D eigenvalue weighted by atomic mass is 19.1. The minimum Gasteiger partial charge on any atom is -0.433 e. The van der Waals surface area contributed by atoms with E-state index in [1.165, 1.54) is 23.1 Å². The molecule has 2 fully saturated rings. The van der Waals surface area contributed by atoms with Crippen molar-refractivity contribution in [1.29, 1.82) is 0 Å². The molecular weight excluding hydrogens is 473 g/mol. The van der Waals surface area contributed by atoms with Crippen molar-refractivity contribution >= 4 is 35.7 Å². The average Bonchev–Trinajstić information content (AvgIpc) is 3.42. The number of esters is 1. The highest BCUT2D eigenvalue weighted by Crippen LogP contribution is 2.32. The Morgan fingerprint density at radius 2 is 2.03 bits per heavy atom. The monoisotopic (exact) mass is 501 g/mol. The van der Waals surface area contributed by atoms with Crippen LogP contribution in [0.4, 0.5) is 10.1 Å². The number of anilines is 1. The van der Waals surface area contributed by atoms with Crippen LogP contribution in [0.5, 0.6) is 0 Å². The number of nitrogens with zero attached hydrogens (tertiary/aromatic N) is 2. The molecular formula is C25H28FN3O7. The molecule has 1 aromatic carbocycles. The van der Waals surface area contributed by atoms with Gasteiger partial charge in [-0.2, -0.15) is 0 Å². The van der Waals surface area contributed by atoms with E-state index in [1.54, 1.807) is 13.0 Å². The van der Waals surface area contributed by atoms with Crippen molar-refractivity contribution < 1.29 is 37.8 Å². The number of nitrogens with one attached hydrogen (secondary N) is 1. The van der Waals surface area contributed by atoms with E-state index in [0.29, 0.717) is 19.3 Å². The van der Waals surface area contributed by atoms with Crippen molar-refractivity contribution in [2.75, 3.05) is 11.5 Å². The Hall–Kier alpha value is -3.60. The summed E-state index contributed by atoms with van der Waals surface area (Å²) in [7, 11) is 0. The van der Waals surface area contributed by atoms with E-state index in [9.17, 15) is 28.4 Å². The molecule has 0 radical (unpaired) electrons. The number of carbonyl (C=O) groups excluding carboxylic acids is 5. The Morgan fingerprint density at radius 3 is 2.75 bits per heavy atom. The zero-order valence-corrected chi connectivity index (χ0v) is 19.8. The van der Waals surface area contributed by atoms with Crippen LogP contribution in [0.3, 0.4) is 0 Å². The zero-order chi connectivity index (χ0) is 25.8. The minimum atomic E-state index is -1.15. The smallest absolute Gasteiger partial charge is 0.310 e. The highest BCUT2D eigenvalue weighted by molar-refractivity contribution is 6.31. The van der Waals surface area contributed by atoms with Gasteiger partial charge in [0.2, 0.25) is 24.4 Å². The van der Waals surface area contributed by atoms with Gasteiger partial charge in [-0.1, -0.05) is 18.2 Å². The molecule has 36 heavy (non-hydrogen) atoms. The van der Waals surface area contributed by atoms with E-state index in [2.05, 4.69) is 5.32 Å². The lowest BCUT2D eigenvalue weighted by Gasteiger charge is -2.38. The van der Waals surface area contributed by atoms with Crippen LogP contribution in [0, 0.1) is 5.82 Å². The molecule has 3 aliphatic rings. The quantitative estimate of drug-likeness (QED) is 0.258. The van der Waals surface area contributed by atoms with Crippen LogP contribution in [-0.4, -0.2) is 71.9 Å². The zero-order valence-electron chi connectivity index (χ0n) is 19.8. The van der Waals surface area contributed by atoms with Crippen molar-refractivity contribution in [3.05, 3.63) is 42.2 Å². The molecule has 11 heteroatoms. The highest BCUT2D eigenvalue weighted by Gasteiger charge is 2.47. The molecule has 0 saturated carbocycles. The van der Waals surface area contributed by atoms with Gasteiger partial charge in [0.1, 0.15) is 23.9 Å². The van der Waals surface area contributed by atoms with Crippen LogP contribution >= 0.6 is 0 Å². The predicted molar refractivity (Wildman–Crippen MR) is 124 cm³/mol. The number of aldehydes is 1. The molecule has 2 unspecified atom stereocenters. The summed E-state index contributed by atoms with van der Waals surface area (Å²) in [5, 5.41) is 2.78. The summed E-state index contributed by atoms with van der Waals surface area (Å²) in [6.45, 7) is 2.03. The maximum Gasteiger partial charge on any atom is 0.310 e. The SMILES string of the molecule is CCOC1OC(=O)CC1NC(=O)[C@@H]1CC[C@H]2C/C=C\C[C@H](N(C(=O)C=O)c3cccc(F)c3)C(=O)N21. The molecule has 1 N–H and O–H groups in total. The van der Waals surface area contributed by atoms with Crippen molar-refractivity contribution in [2.24, 2.45) is 0 Å². The number of benzene rings is 1. The molecule has 5 atom stereocenters. The summed E-state index contributed by atoms with van der Waals surface area (Å²) >= 11 is 0. The van der Waals surface area contributed by atoms with Gasteiger partial charge in [0.25, 0.3) is 5.91 Å². The number of halogens is 1. The molecule has 3 aliphatic heterocycles. The standard InChI is InChI=1S/C25H28FN3O7/c1-2-35-25-18(13-22(32)36-25)27-23(33)19-11-10-16-7-3-4-9-20(24(34)29(16)19)28(21(31)14-30)17-8-5-6-15(26)12-17/h3-6,8,12,14,16,18-20,25H,2,7,9-11,13H2,1H3,(H,27,33)/b4-3-/t16-,18?,19+,20+,25?/m1/s1. The van der Waals surface area contributed by atoms with Gasteiger partial charge in [-0.15, -0.1) is 0 Å². The van der Waals surface area contributed by atoms with Gasteiger partial charge in [0.15, 0.2) is 0 Å². The Kier molecular flexibility index (Phi) is 7.78. The minimum absolute atomic E-state index is 0.0486. The first-order valence-corrected chi connectivity index (χ1v) is 12.0. The Labute approximate surface area is 207 Å². The molecule has 0 aliphatic carbocycles. The van der Waals surface area contributed by atoms with Gasteiger partial charge in [-0.25, -0.2) is 4.39 Å². The number of rotatable bonds is 7. The van der Waals surface area contributed by atoms with E-state index in [4.69, 9.17) is 9.47 Å². The van der Waals surface area contributed by atoms with Crippen LogP contribution < -0.4 is 10.2 Å². The first-order chi connectivity index (χ1) is 17.3. The van der Waals surface area contributed by atoms with Crippen LogP contribution in [0.15, 0.2) is 36.4 Å². The normalized spacial score (nSPS) is 28.5. The van der Waals surface area contributed by atoms with Crippen LogP contribution in [0.1, 0.15) is 39.0 Å². The molecule has 4 rings (SSSR count). The van der Waals surface area contributed by atoms with E-state index in [1.807, 2.05) is 6.08 Å². The van der Waals surface area contributed by atoms with Gasteiger partial charge in [0, 0.05) is 18.3 Å². The molecule has 3 amide bonds. The lowest BCUT2D eigenvalue weighted by atomic mass is 10.0. The molecule has 0 spiro atoms. The number of hydrogen-bond acceptors (Lipinski definition) is 7. The van der Waals surface area contributed by atoms with Crippen molar-refractivity contribution in [3.63, 3.8) is 0 Å². The lowest BCUT2D eigenvalue weighted by molar-refractivity contribution is -0.164. The molecule has 0 aromatic heterocycles. The number of cyclic esters (lactones) is 1. The fourth-order valence-electron chi connectivity index (χ4n) is 5.06. The summed E-state index contributed by atoms with van der Waals surface area (Å²) in [4.78, 5) is 65.5. The Morgan fingerprint density at radius 1 is 1.25 bits per heavy atom. The van der Waals surface area contributed by atoms with Crippen molar-refractivity contribution in [2.45, 2.75) is 69.5 Å². The first-order valence-electron chi connectivity index (χ1n) is 12.0. The van der Waals surface area contributed by atoms with Crippen LogP contribution in [0.25, 0.3) is 0 Å². The Bertz CT molecular complexity index is 1080. The molecule has 192 valence electrons. The Balaban J connectivity index is 1.61. The second-order valence-electron chi connectivity index (χ2n) is 8.89. The van der Waals surface area contributed by atoms with E-state index < -0.39 is 53.9 Å². The third-order valence-electron chi connectivity index (χ3n) is 6.64. The van der Waals surface area contributed by atoms with Gasteiger partial charge in [-0.05, 0) is 50.8 Å². The molecule has 1 aromatic rings. The van der Waals surface area contributed by atoms with Gasteiger partial charge < -0.3 is 19.7 Å².